The molecule has 0 aliphatic heterocycles. The second-order valence-electron chi connectivity index (χ2n) is 6.65. The Labute approximate surface area is 148 Å². The average molecular weight is 338 g/mol. The van der Waals surface area contributed by atoms with Gasteiger partial charge in [0.15, 0.2) is 0 Å². The molecule has 2 heterocycles. The number of pyridine rings is 1. The van der Waals surface area contributed by atoms with Gasteiger partial charge in [0.1, 0.15) is 5.82 Å². The number of nitrogens with one attached hydrogen (secondary N) is 1. The third-order valence-electron chi connectivity index (χ3n) is 4.81. The molecule has 3 rings (SSSR count). The maximum atomic E-state index is 4.71. The number of aromatic nitrogens is 4. The molecule has 0 fully saturated rings. The molecule has 1 unspecified atom stereocenters. The zero-order valence-electron chi connectivity index (χ0n) is 15.8. The van der Waals surface area contributed by atoms with Gasteiger partial charge in [0.2, 0.25) is 0 Å². The summed E-state index contributed by atoms with van der Waals surface area (Å²) in [5.41, 5.74) is 5.43. The molecule has 0 saturated carbocycles. The molecule has 1 N–H and O–H groups in total. The molecule has 0 aliphatic rings. The van der Waals surface area contributed by atoms with Gasteiger partial charge in [-0.1, -0.05) is 12.1 Å². The van der Waals surface area contributed by atoms with Crippen molar-refractivity contribution >= 4 is 16.7 Å². The van der Waals surface area contributed by atoms with Gasteiger partial charge >= 0.3 is 0 Å². The normalized spacial score (nSPS) is 12.8. The van der Waals surface area contributed by atoms with Crippen molar-refractivity contribution in [3.63, 3.8) is 0 Å². The molecule has 0 saturated heterocycles. The highest BCUT2D eigenvalue weighted by Gasteiger charge is 2.15. The monoisotopic (exact) mass is 338 g/mol. The molecule has 0 aliphatic carbocycles. The minimum atomic E-state index is 0.218. The molecule has 0 amide bonds. The Morgan fingerprint density at radius 3 is 2.64 bits per heavy atom. The molecule has 132 valence electrons. The van der Waals surface area contributed by atoms with Crippen LogP contribution in [0.15, 0.2) is 24.4 Å². The van der Waals surface area contributed by atoms with Crippen molar-refractivity contribution in [2.45, 2.75) is 33.2 Å². The van der Waals surface area contributed by atoms with Crippen molar-refractivity contribution in [1.82, 2.24) is 24.9 Å². The number of benzene rings is 1. The van der Waals surface area contributed by atoms with E-state index in [0.717, 1.165) is 29.1 Å². The van der Waals surface area contributed by atoms with Crippen molar-refractivity contribution in [3.8, 4) is 5.69 Å². The highest BCUT2D eigenvalue weighted by Crippen LogP contribution is 2.27. The molecule has 0 bridgehead atoms. The second-order valence-corrected chi connectivity index (χ2v) is 6.65. The summed E-state index contributed by atoms with van der Waals surface area (Å²) in [5, 5.41) is 13.0. The van der Waals surface area contributed by atoms with Gasteiger partial charge in [-0.3, -0.25) is 0 Å². The van der Waals surface area contributed by atoms with E-state index in [-0.39, 0.29) is 6.04 Å². The SMILES string of the molecule is CCc1cc2c(C)cc(NC)nc2cc1-n1cc(C(C)N(C)C)nn1. The Balaban J connectivity index is 2.15. The summed E-state index contributed by atoms with van der Waals surface area (Å²) in [6.07, 6.45) is 2.94. The predicted octanol–water partition coefficient (Wildman–Crippen LogP) is 3.35. The van der Waals surface area contributed by atoms with Gasteiger partial charge in [-0.25, -0.2) is 9.67 Å². The van der Waals surface area contributed by atoms with Crippen LogP contribution in [0.2, 0.25) is 0 Å². The summed E-state index contributed by atoms with van der Waals surface area (Å²) in [4.78, 5) is 6.83. The van der Waals surface area contributed by atoms with Gasteiger partial charge in [0.05, 0.1) is 29.1 Å². The molecule has 2 aromatic heterocycles. The van der Waals surface area contributed by atoms with E-state index in [1.165, 1.54) is 16.5 Å². The second kappa shape index (κ2) is 6.80. The van der Waals surface area contributed by atoms with Crippen molar-refractivity contribution in [3.05, 3.63) is 41.2 Å². The van der Waals surface area contributed by atoms with E-state index in [4.69, 9.17) is 4.98 Å². The molecule has 3 aromatic rings. The lowest BCUT2D eigenvalue weighted by atomic mass is 10.0. The largest absolute Gasteiger partial charge is 0.373 e. The average Bonchev–Trinajstić information content (AvgIpc) is 3.09. The highest BCUT2D eigenvalue weighted by atomic mass is 15.4. The Morgan fingerprint density at radius 2 is 2.00 bits per heavy atom. The zero-order valence-corrected chi connectivity index (χ0v) is 15.8. The number of aryl methyl sites for hydroxylation is 2. The van der Waals surface area contributed by atoms with Gasteiger partial charge in [-0.05, 0) is 63.7 Å². The van der Waals surface area contributed by atoms with Crippen LogP contribution in [0.25, 0.3) is 16.6 Å². The van der Waals surface area contributed by atoms with E-state index in [2.05, 4.69) is 59.5 Å². The first-order valence-corrected chi connectivity index (χ1v) is 8.65. The number of fused-ring (bicyclic) bond motifs is 1. The number of hydrogen-bond acceptors (Lipinski definition) is 5. The summed E-state index contributed by atoms with van der Waals surface area (Å²) in [6, 6.07) is 6.63. The first-order chi connectivity index (χ1) is 11.9. The lowest BCUT2D eigenvalue weighted by molar-refractivity contribution is 0.315. The molecular weight excluding hydrogens is 312 g/mol. The summed E-state index contributed by atoms with van der Waals surface area (Å²) < 4.78 is 1.87. The maximum absolute atomic E-state index is 4.71. The Morgan fingerprint density at radius 1 is 1.24 bits per heavy atom. The van der Waals surface area contributed by atoms with Crippen molar-refractivity contribution in [2.75, 3.05) is 26.5 Å². The van der Waals surface area contributed by atoms with Crippen LogP contribution in [0.3, 0.4) is 0 Å². The van der Waals surface area contributed by atoms with Gasteiger partial charge in [0.25, 0.3) is 0 Å². The molecule has 25 heavy (non-hydrogen) atoms. The highest BCUT2D eigenvalue weighted by molar-refractivity contribution is 5.86. The topological polar surface area (TPSA) is 58.9 Å². The fourth-order valence-electron chi connectivity index (χ4n) is 2.95. The lowest BCUT2D eigenvalue weighted by Crippen LogP contribution is -2.17. The van der Waals surface area contributed by atoms with Crippen LogP contribution in [-0.4, -0.2) is 46.0 Å². The van der Waals surface area contributed by atoms with Gasteiger partial charge in [-0.15, -0.1) is 5.10 Å². The first kappa shape index (κ1) is 17.4. The number of nitrogens with zero attached hydrogens (tertiary/aromatic N) is 5. The lowest BCUT2D eigenvalue weighted by Gasteiger charge is -2.16. The molecule has 6 heteroatoms. The maximum Gasteiger partial charge on any atom is 0.126 e. The predicted molar refractivity (Wildman–Crippen MR) is 102 cm³/mol. The van der Waals surface area contributed by atoms with Crippen LogP contribution in [0.1, 0.15) is 36.7 Å². The number of anilines is 1. The summed E-state index contributed by atoms with van der Waals surface area (Å²) >= 11 is 0. The summed E-state index contributed by atoms with van der Waals surface area (Å²) in [6.45, 7) is 6.41. The van der Waals surface area contributed by atoms with Crippen LogP contribution in [0, 0.1) is 6.92 Å². The standard InChI is InChI=1S/C19H26N6/c1-7-14-9-15-12(2)8-19(20-4)21-16(15)10-18(14)25-11-17(22-23-25)13(3)24(5)6/h8-11,13H,7H2,1-6H3,(H,20,21). The smallest absolute Gasteiger partial charge is 0.126 e. The van der Waals surface area contributed by atoms with Crippen molar-refractivity contribution in [2.24, 2.45) is 0 Å². The van der Waals surface area contributed by atoms with E-state index in [1.807, 2.05) is 32.0 Å². The third kappa shape index (κ3) is 3.22. The zero-order chi connectivity index (χ0) is 18.1. The van der Waals surface area contributed by atoms with E-state index < -0.39 is 0 Å². The van der Waals surface area contributed by atoms with Crippen LogP contribution in [-0.2, 0) is 6.42 Å². The van der Waals surface area contributed by atoms with E-state index in [1.54, 1.807) is 0 Å². The first-order valence-electron chi connectivity index (χ1n) is 8.65. The Hall–Kier alpha value is -2.47. The van der Waals surface area contributed by atoms with Gasteiger partial charge in [-0.2, -0.15) is 0 Å². The fraction of sp³-hybridized carbons (Fsp3) is 0.421. The van der Waals surface area contributed by atoms with Gasteiger partial charge < -0.3 is 10.2 Å². The molecule has 6 nitrogen and oxygen atoms in total. The van der Waals surface area contributed by atoms with Crippen molar-refractivity contribution in [1.29, 1.82) is 0 Å². The van der Waals surface area contributed by atoms with Crippen LogP contribution in [0.4, 0.5) is 5.82 Å². The Kier molecular flexibility index (Phi) is 4.72. The minimum absolute atomic E-state index is 0.218. The third-order valence-corrected chi connectivity index (χ3v) is 4.81. The van der Waals surface area contributed by atoms with E-state index in [9.17, 15) is 0 Å². The van der Waals surface area contributed by atoms with Crippen molar-refractivity contribution < 1.29 is 0 Å². The van der Waals surface area contributed by atoms with E-state index in [0.29, 0.717) is 0 Å². The Bertz CT molecular complexity index is 896. The molecular formula is C19H26N6. The number of rotatable bonds is 5. The van der Waals surface area contributed by atoms with E-state index >= 15 is 0 Å². The summed E-state index contributed by atoms with van der Waals surface area (Å²) in [7, 11) is 5.98. The molecule has 0 radical (unpaired) electrons. The molecule has 0 spiro atoms. The fourth-order valence-corrected chi connectivity index (χ4v) is 2.95. The molecule has 1 atom stereocenters. The minimum Gasteiger partial charge on any atom is -0.373 e. The van der Waals surface area contributed by atoms with Crippen LogP contribution < -0.4 is 5.32 Å². The number of hydrogen-bond donors (Lipinski definition) is 1. The quantitative estimate of drug-likeness (QED) is 0.773. The van der Waals surface area contributed by atoms with Crippen LogP contribution >= 0.6 is 0 Å². The van der Waals surface area contributed by atoms with Crippen LogP contribution in [0.5, 0.6) is 0 Å². The summed E-state index contributed by atoms with van der Waals surface area (Å²) in [5.74, 6) is 0.876. The molecule has 1 aromatic carbocycles. The van der Waals surface area contributed by atoms with Gasteiger partial charge in [0, 0.05) is 12.4 Å².